The summed E-state index contributed by atoms with van der Waals surface area (Å²) in [4.78, 5) is 35.2. The molecular formula is C18H16N5O7PS. The monoisotopic (exact) mass is 477 g/mol. The summed E-state index contributed by atoms with van der Waals surface area (Å²) < 4.78 is 29.8. The Morgan fingerprint density at radius 1 is 1.31 bits per heavy atom. The van der Waals surface area contributed by atoms with Crippen molar-refractivity contribution in [1.29, 1.82) is 0 Å². The third kappa shape index (κ3) is 2.94. The Kier molecular flexibility index (Phi) is 4.33. The van der Waals surface area contributed by atoms with Crippen molar-refractivity contribution in [3.05, 3.63) is 51.7 Å². The molecule has 12 nitrogen and oxygen atoms in total. The average molecular weight is 477 g/mol. The molecule has 0 bridgehead atoms. The molecule has 0 spiro atoms. The number of aliphatic hydroxyl groups is 1. The van der Waals surface area contributed by atoms with Gasteiger partial charge in [-0.3, -0.25) is 13.9 Å². The Balaban J connectivity index is 0.00000228. The van der Waals surface area contributed by atoms with E-state index in [1.807, 2.05) is 30.3 Å². The van der Waals surface area contributed by atoms with Crippen LogP contribution in [0.1, 0.15) is 7.65 Å². The minimum atomic E-state index is -4.53. The number of hydrogen-bond donors (Lipinski definition) is 3. The second kappa shape index (κ2) is 6.93. The van der Waals surface area contributed by atoms with Crippen LogP contribution in [-0.4, -0.2) is 53.9 Å². The molecule has 3 N–H and O–H groups in total. The molecule has 6 rings (SSSR count). The average Bonchev–Trinajstić information content (AvgIpc) is 3.43. The topological polar surface area (TPSA) is 159 Å². The Labute approximate surface area is 185 Å². The van der Waals surface area contributed by atoms with E-state index >= 15 is 0 Å². The number of aliphatic hydroxyl groups excluding tert-OH is 1. The van der Waals surface area contributed by atoms with E-state index in [1.165, 1.54) is 8.97 Å². The fraction of sp³-hybridized carbons (Fsp3) is 0.278. The molecule has 2 saturated heterocycles. The molecule has 2 aliphatic heterocycles. The molecule has 32 heavy (non-hydrogen) atoms. The van der Waals surface area contributed by atoms with E-state index in [9.17, 15) is 19.4 Å². The van der Waals surface area contributed by atoms with Crippen LogP contribution in [0.2, 0.25) is 0 Å². The number of phosphoric ester groups is 1. The van der Waals surface area contributed by atoms with Gasteiger partial charge in [-0.1, -0.05) is 30.3 Å². The second-order valence-corrected chi connectivity index (χ2v) is 9.26. The van der Waals surface area contributed by atoms with Crippen LogP contribution in [0.25, 0.3) is 28.2 Å². The predicted molar refractivity (Wildman–Crippen MR) is 111 cm³/mol. The summed E-state index contributed by atoms with van der Waals surface area (Å²) in [6.45, 7) is -0.300. The Hall–Kier alpha value is -2.64. The number of H-pyrrole nitrogens is 2. The van der Waals surface area contributed by atoms with Gasteiger partial charge >= 0.3 is 1.43 Å². The van der Waals surface area contributed by atoms with Crippen molar-refractivity contribution >= 4 is 37.0 Å². The number of ether oxygens (including phenoxy) is 1. The number of benzene rings is 1. The van der Waals surface area contributed by atoms with E-state index in [2.05, 4.69) is 19.5 Å². The molecule has 166 valence electrons. The SMILES string of the molecule is O=c1c2[nH]c(=S)n([C@@H]3OC4COP(=O)([O-])O[C@H]4C3O)c2nc2[nH]c(-c3ccccc3)cn12.[H+]. The van der Waals surface area contributed by atoms with Gasteiger partial charge in [0.15, 0.2) is 22.2 Å². The van der Waals surface area contributed by atoms with E-state index in [-0.39, 0.29) is 29.7 Å². The highest BCUT2D eigenvalue weighted by atomic mass is 32.1. The van der Waals surface area contributed by atoms with Gasteiger partial charge in [-0.2, -0.15) is 4.98 Å². The molecule has 3 aromatic heterocycles. The third-order valence-corrected chi connectivity index (χ3v) is 6.84. The van der Waals surface area contributed by atoms with Crippen molar-refractivity contribution < 1.29 is 29.8 Å². The van der Waals surface area contributed by atoms with Crippen molar-refractivity contribution in [1.82, 2.24) is 23.9 Å². The normalized spacial score (nSPS) is 30.2. The number of aromatic amines is 2. The van der Waals surface area contributed by atoms with Crippen molar-refractivity contribution in [3.63, 3.8) is 0 Å². The van der Waals surface area contributed by atoms with Crippen molar-refractivity contribution in [2.75, 3.05) is 6.61 Å². The van der Waals surface area contributed by atoms with Gasteiger partial charge in [0, 0.05) is 6.20 Å². The lowest BCUT2D eigenvalue weighted by Gasteiger charge is -2.34. The smallest absolute Gasteiger partial charge is 0.756 e. The maximum absolute atomic E-state index is 13.1. The maximum Gasteiger partial charge on any atom is 1.00 e. The van der Waals surface area contributed by atoms with Crippen molar-refractivity contribution in [2.45, 2.75) is 24.5 Å². The summed E-state index contributed by atoms with van der Waals surface area (Å²) in [7, 11) is -4.53. The lowest BCUT2D eigenvalue weighted by molar-refractivity contribution is -0.245. The van der Waals surface area contributed by atoms with Crippen molar-refractivity contribution in [3.8, 4) is 11.3 Å². The third-order valence-electron chi connectivity index (χ3n) is 5.58. The van der Waals surface area contributed by atoms with Crippen LogP contribution in [0.4, 0.5) is 0 Å². The van der Waals surface area contributed by atoms with E-state index in [1.54, 1.807) is 6.20 Å². The molecule has 3 unspecified atom stereocenters. The fourth-order valence-corrected chi connectivity index (χ4v) is 5.34. The van der Waals surface area contributed by atoms with E-state index < -0.39 is 37.9 Å². The van der Waals surface area contributed by atoms with Crippen molar-refractivity contribution in [2.24, 2.45) is 0 Å². The number of fused-ring (bicyclic) bond motifs is 3. The molecule has 5 heterocycles. The van der Waals surface area contributed by atoms with Gasteiger partial charge in [0.2, 0.25) is 5.78 Å². The Morgan fingerprint density at radius 3 is 2.88 bits per heavy atom. The summed E-state index contributed by atoms with van der Waals surface area (Å²) in [5.74, 6) is 0.262. The van der Waals surface area contributed by atoms with Gasteiger partial charge in [-0.15, -0.1) is 0 Å². The number of nitrogens with one attached hydrogen (secondary N) is 2. The number of nitrogens with zero attached hydrogens (tertiary/aromatic N) is 3. The molecule has 4 aromatic rings. The number of aromatic nitrogens is 5. The highest BCUT2D eigenvalue weighted by Crippen LogP contribution is 2.49. The van der Waals surface area contributed by atoms with E-state index in [4.69, 9.17) is 21.5 Å². The first-order valence-corrected chi connectivity index (χ1v) is 11.5. The molecule has 2 fully saturated rings. The van der Waals surface area contributed by atoms with Gasteiger partial charge in [0.05, 0.1) is 12.3 Å². The number of hydrogen-bond acceptors (Lipinski definition) is 9. The number of rotatable bonds is 2. The summed E-state index contributed by atoms with van der Waals surface area (Å²) >= 11 is 5.36. The van der Waals surface area contributed by atoms with Gasteiger partial charge < -0.3 is 33.8 Å². The largest absolute Gasteiger partial charge is 1.00 e. The lowest BCUT2D eigenvalue weighted by Crippen LogP contribution is -2.41. The molecular weight excluding hydrogens is 461 g/mol. The molecule has 0 amide bonds. The number of imidazole rings is 2. The highest BCUT2D eigenvalue weighted by Gasteiger charge is 2.50. The quantitative estimate of drug-likeness (QED) is 0.282. The van der Waals surface area contributed by atoms with E-state index in [0.717, 1.165) is 5.56 Å². The van der Waals surface area contributed by atoms with Crippen LogP contribution in [0, 0.1) is 4.77 Å². The van der Waals surface area contributed by atoms with Gasteiger partial charge in [0.1, 0.15) is 18.3 Å². The first-order chi connectivity index (χ1) is 15.3. The molecule has 2 aliphatic rings. The fourth-order valence-electron chi connectivity index (χ4n) is 4.10. The molecule has 5 atom stereocenters. The van der Waals surface area contributed by atoms with Crippen LogP contribution >= 0.6 is 20.0 Å². The highest BCUT2D eigenvalue weighted by molar-refractivity contribution is 7.71. The minimum Gasteiger partial charge on any atom is -0.756 e. The van der Waals surface area contributed by atoms with Gasteiger partial charge in [-0.05, 0) is 17.8 Å². The molecule has 0 radical (unpaired) electrons. The van der Waals surface area contributed by atoms with Crippen LogP contribution in [0.15, 0.2) is 41.3 Å². The standard InChI is InChI=1S/C18H16N5O7PS/c24-12-13-10(7-28-31(26,27)30-13)29-16(12)23-14-11(20-18(23)32)15(25)22-6-9(19-17(22)21-14)8-4-2-1-3-5-8/h1-6,10,12-13,16,24H,7H2,(H,19,21)(H,20,32)(H,26,27)/t10?,12?,13-,16-/m1/s1. The zero-order chi connectivity index (χ0) is 22.2. The zero-order valence-corrected chi connectivity index (χ0v) is 17.8. The minimum absolute atomic E-state index is 0. The molecule has 0 saturated carbocycles. The van der Waals surface area contributed by atoms with Crippen LogP contribution in [-0.2, 0) is 18.3 Å². The lowest BCUT2D eigenvalue weighted by atomic mass is 10.1. The number of phosphoric acid groups is 1. The van der Waals surface area contributed by atoms with Crippen LogP contribution in [0.3, 0.4) is 0 Å². The maximum atomic E-state index is 13.1. The molecule has 1 aromatic carbocycles. The Morgan fingerprint density at radius 2 is 2.09 bits per heavy atom. The van der Waals surface area contributed by atoms with Gasteiger partial charge in [-0.25, -0.2) is 4.40 Å². The van der Waals surface area contributed by atoms with E-state index in [0.29, 0.717) is 5.69 Å². The second-order valence-electron chi connectivity index (χ2n) is 7.51. The summed E-state index contributed by atoms with van der Waals surface area (Å²) in [6.07, 6.45) is -2.88. The molecule has 14 heteroatoms. The van der Waals surface area contributed by atoms with Crippen LogP contribution in [0.5, 0.6) is 0 Å². The summed E-state index contributed by atoms with van der Waals surface area (Å²) in [5, 5.41) is 10.7. The summed E-state index contributed by atoms with van der Waals surface area (Å²) in [5.41, 5.74) is 1.42. The Bertz CT molecular complexity index is 1530. The first kappa shape index (κ1) is 20.0. The van der Waals surface area contributed by atoms with Crippen LogP contribution < -0.4 is 10.5 Å². The summed E-state index contributed by atoms with van der Waals surface area (Å²) in [6, 6.07) is 9.43. The first-order valence-electron chi connectivity index (χ1n) is 9.61. The van der Waals surface area contributed by atoms with Gasteiger partial charge in [0.25, 0.3) is 13.4 Å². The zero-order valence-electron chi connectivity index (χ0n) is 17.1. The molecule has 0 aliphatic carbocycles. The predicted octanol–water partition coefficient (Wildman–Crippen LogP) is 0.956.